The molecule has 0 unspecified atom stereocenters. The summed E-state index contributed by atoms with van der Waals surface area (Å²) in [6, 6.07) is 6.03. The monoisotopic (exact) mass is 216 g/mol. The highest BCUT2D eigenvalue weighted by molar-refractivity contribution is 5.30. The SMILES string of the molecule is CN1CCN(Cc2cccnc2C#N)CC1. The van der Waals surface area contributed by atoms with Crippen molar-refractivity contribution in [2.24, 2.45) is 0 Å². The van der Waals surface area contributed by atoms with E-state index in [9.17, 15) is 0 Å². The third-order valence-electron chi connectivity index (χ3n) is 2.99. The lowest BCUT2D eigenvalue weighted by molar-refractivity contribution is 0.148. The van der Waals surface area contributed by atoms with Gasteiger partial charge in [0.1, 0.15) is 11.8 Å². The number of nitriles is 1. The molecule has 1 aliphatic rings. The molecule has 1 saturated heterocycles. The number of pyridine rings is 1. The highest BCUT2D eigenvalue weighted by Crippen LogP contribution is 2.10. The Hall–Kier alpha value is -1.44. The molecular formula is C12H16N4. The van der Waals surface area contributed by atoms with Crippen LogP contribution in [0.4, 0.5) is 0 Å². The van der Waals surface area contributed by atoms with Crippen molar-refractivity contribution in [2.75, 3.05) is 33.2 Å². The van der Waals surface area contributed by atoms with Crippen molar-refractivity contribution >= 4 is 0 Å². The molecule has 0 radical (unpaired) electrons. The molecule has 1 fully saturated rings. The highest BCUT2D eigenvalue weighted by atomic mass is 15.2. The van der Waals surface area contributed by atoms with Crippen LogP contribution >= 0.6 is 0 Å². The third-order valence-corrected chi connectivity index (χ3v) is 2.99. The first-order chi connectivity index (χ1) is 7.79. The minimum absolute atomic E-state index is 0.557. The second kappa shape index (κ2) is 5.06. The Balaban J connectivity index is 2.01. The van der Waals surface area contributed by atoms with Gasteiger partial charge in [0.15, 0.2) is 0 Å². The van der Waals surface area contributed by atoms with Crippen LogP contribution < -0.4 is 0 Å². The maximum Gasteiger partial charge on any atom is 0.144 e. The van der Waals surface area contributed by atoms with E-state index in [-0.39, 0.29) is 0 Å². The molecule has 1 aromatic rings. The molecule has 2 rings (SSSR count). The topological polar surface area (TPSA) is 43.2 Å². The lowest BCUT2D eigenvalue weighted by Crippen LogP contribution is -2.44. The van der Waals surface area contributed by atoms with E-state index in [1.54, 1.807) is 6.20 Å². The van der Waals surface area contributed by atoms with E-state index < -0.39 is 0 Å². The number of hydrogen-bond acceptors (Lipinski definition) is 4. The summed E-state index contributed by atoms with van der Waals surface area (Å²) in [4.78, 5) is 8.78. The Bertz CT molecular complexity index is 388. The van der Waals surface area contributed by atoms with E-state index >= 15 is 0 Å². The second-order valence-electron chi connectivity index (χ2n) is 4.20. The van der Waals surface area contributed by atoms with Crippen molar-refractivity contribution in [2.45, 2.75) is 6.54 Å². The molecule has 84 valence electrons. The number of aromatic nitrogens is 1. The number of hydrogen-bond donors (Lipinski definition) is 0. The predicted molar refractivity (Wildman–Crippen MR) is 61.7 cm³/mol. The lowest BCUT2D eigenvalue weighted by Gasteiger charge is -2.32. The summed E-state index contributed by atoms with van der Waals surface area (Å²) >= 11 is 0. The van der Waals surface area contributed by atoms with Crippen molar-refractivity contribution in [3.63, 3.8) is 0 Å². The molecule has 0 spiro atoms. The Kier molecular flexibility index (Phi) is 3.50. The molecular weight excluding hydrogens is 200 g/mol. The van der Waals surface area contributed by atoms with Crippen LogP contribution in [0, 0.1) is 11.3 Å². The molecule has 0 bridgehead atoms. The number of piperazine rings is 1. The van der Waals surface area contributed by atoms with Crippen LogP contribution in [0.2, 0.25) is 0 Å². The van der Waals surface area contributed by atoms with Gasteiger partial charge in [0.25, 0.3) is 0 Å². The van der Waals surface area contributed by atoms with Crippen LogP contribution in [-0.2, 0) is 6.54 Å². The zero-order valence-corrected chi connectivity index (χ0v) is 9.56. The van der Waals surface area contributed by atoms with Gasteiger partial charge in [-0.25, -0.2) is 4.98 Å². The van der Waals surface area contributed by atoms with Crippen LogP contribution in [0.1, 0.15) is 11.3 Å². The second-order valence-corrected chi connectivity index (χ2v) is 4.20. The number of likely N-dealkylation sites (N-methyl/N-ethyl adjacent to an activating group) is 1. The van der Waals surface area contributed by atoms with Gasteiger partial charge in [0, 0.05) is 44.5 Å². The van der Waals surface area contributed by atoms with Gasteiger partial charge in [-0.2, -0.15) is 5.26 Å². The number of nitrogens with zero attached hydrogens (tertiary/aromatic N) is 4. The fourth-order valence-electron chi connectivity index (χ4n) is 1.91. The molecule has 2 heterocycles. The van der Waals surface area contributed by atoms with Crippen molar-refractivity contribution in [3.8, 4) is 6.07 Å². The molecule has 1 aliphatic heterocycles. The van der Waals surface area contributed by atoms with Crippen LogP contribution in [0.25, 0.3) is 0 Å². The van der Waals surface area contributed by atoms with Crippen LogP contribution in [0.3, 0.4) is 0 Å². The smallest absolute Gasteiger partial charge is 0.144 e. The largest absolute Gasteiger partial charge is 0.304 e. The van der Waals surface area contributed by atoms with Crippen molar-refractivity contribution in [3.05, 3.63) is 29.6 Å². The molecule has 0 atom stereocenters. The summed E-state index contributed by atoms with van der Waals surface area (Å²) in [6.07, 6.45) is 1.67. The van der Waals surface area contributed by atoms with Gasteiger partial charge in [-0.1, -0.05) is 6.07 Å². The quantitative estimate of drug-likeness (QED) is 0.730. The van der Waals surface area contributed by atoms with Crippen molar-refractivity contribution in [1.82, 2.24) is 14.8 Å². The van der Waals surface area contributed by atoms with Crippen molar-refractivity contribution in [1.29, 1.82) is 5.26 Å². The molecule has 0 saturated carbocycles. The fourth-order valence-corrected chi connectivity index (χ4v) is 1.91. The van der Waals surface area contributed by atoms with Crippen LogP contribution in [0.5, 0.6) is 0 Å². The molecule has 0 aliphatic carbocycles. The highest BCUT2D eigenvalue weighted by Gasteiger charge is 2.15. The maximum absolute atomic E-state index is 8.95. The van der Waals surface area contributed by atoms with Gasteiger partial charge in [-0.15, -0.1) is 0 Å². The fraction of sp³-hybridized carbons (Fsp3) is 0.500. The minimum atomic E-state index is 0.557. The summed E-state index contributed by atoms with van der Waals surface area (Å²) < 4.78 is 0. The van der Waals surface area contributed by atoms with E-state index in [0.29, 0.717) is 5.69 Å². The first-order valence-electron chi connectivity index (χ1n) is 5.54. The Morgan fingerprint density at radius 3 is 2.81 bits per heavy atom. The lowest BCUT2D eigenvalue weighted by atomic mass is 10.2. The zero-order valence-electron chi connectivity index (χ0n) is 9.56. The molecule has 0 N–H and O–H groups in total. The van der Waals surface area contributed by atoms with Gasteiger partial charge in [-0.05, 0) is 13.1 Å². The molecule has 4 nitrogen and oxygen atoms in total. The Labute approximate surface area is 96.1 Å². The van der Waals surface area contributed by atoms with Gasteiger partial charge in [0.05, 0.1) is 0 Å². The van der Waals surface area contributed by atoms with E-state index in [4.69, 9.17) is 5.26 Å². The molecule has 1 aromatic heterocycles. The summed E-state index contributed by atoms with van der Waals surface area (Å²) in [5.74, 6) is 0. The van der Waals surface area contributed by atoms with Gasteiger partial charge in [-0.3, -0.25) is 4.90 Å². The average Bonchev–Trinajstić information content (AvgIpc) is 2.33. The zero-order chi connectivity index (χ0) is 11.4. The van der Waals surface area contributed by atoms with E-state index in [1.165, 1.54) is 0 Å². The van der Waals surface area contributed by atoms with Crippen molar-refractivity contribution < 1.29 is 0 Å². The third kappa shape index (κ3) is 2.57. The van der Waals surface area contributed by atoms with Crippen LogP contribution in [-0.4, -0.2) is 48.0 Å². The molecule has 0 amide bonds. The average molecular weight is 216 g/mol. The van der Waals surface area contributed by atoms with E-state index in [2.05, 4.69) is 27.9 Å². The molecule has 0 aromatic carbocycles. The summed E-state index contributed by atoms with van der Waals surface area (Å²) in [5, 5.41) is 8.95. The van der Waals surface area contributed by atoms with Crippen LogP contribution in [0.15, 0.2) is 18.3 Å². The standard InChI is InChI=1S/C12H16N4/c1-15-5-7-16(8-6-15)10-11-3-2-4-14-12(11)9-13/h2-4H,5-8,10H2,1H3. The molecule has 16 heavy (non-hydrogen) atoms. The normalized spacial score (nSPS) is 18.2. The summed E-state index contributed by atoms with van der Waals surface area (Å²) in [6.45, 7) is 5.17. The van der Waals surface area contributed by atoms with Gasteiger partial charge < -0.3 is 4.90 Å². The first kappa shape index (κ1) is 11.1. The van der Waals surface area contributed by atoms with Gasteiger partial charge >= 0.3 is 0 Å². The van der Waals surface area contributed by atoms with E-state index in [1.807, 2.05) is 12.1 Å². The predicted octanol–water partition coefficient (Wildman–Crippen LogP) is 0.701. The van der Waals surface area contributed by atoms with Gasteiger partial charge in [0.2, 0.25) is 0 Å². The molecule has 4 heteroatoms. The maximum atomic E-state index is 8.95. The first-order valence-corrected chi connectivity index (χ1v) is 5.54. The summed E-state index contributed by atoms with van der Waals surface area (Å²) in [7, 11) is 2.14. The number of rotatable bonds is 2. The summed E-state index contributed by atoms with van der Waals surface area (Å²) in [5.41, 5.74) is 1.59. The Morgan fingerprint density at radius 1 is 1.38 bits per heavy atom. The van der Waals surface area contributed by atoms with E-state index in [0.717, 1.165) is 38.3 Å². The minimum Gasteiger partial charge on any atom is -0.304 e. The Morgan fingerprint density at radius 2 is 2.12 bits per heavy atom.